The zero-order valence-electron chi connectivity index (χ0n) is 9.74. The first-order valence-electron chi connectivity index (χ1n) is 4.38. The van der Waals surface area contributed by atoms with Gasteiger partial charge in [-0.25, -0.2) is 0 Å². The summed E-state index contributed by atoms with van der Waals surface area (Å²) in [5, 5.41) is 0. The molecule has 0 aromatic carbocycles. The third-order valence-electron chi connectivity index (χ3n) is 0.949. The summed E-state index contributed by atoms with van der Waals surface area (Å²) in [4.78, 5) is 0. The van der Waals surface area contributed by atoms with Gasteiger partial charge in [-0.2, -0.15) is 0 Å². The van der Waals surface area contributed by atoms with Gasteiger partial charge in [0.25, 0.3) is 0 Å². The Morgan fingerprint density at radius 1 is 0.929 bits per heavy atom. The van der Waals surface area contributed by atoms with E-state index in [-0.39, 0.29) is 0 Å². The fourth-order valence-electron chi connectivity index (χ4n) is 1.42. The average Bonchev–Trinajstić information content (AvgIpc) is 1.42. The van der Waals surface area contributed by atoms with Crippen molar-refractivity contribution in [2.24, 2.45) is 5.41 Å². The molecule has 0 aromatic heterocycles. The number of rotatable bonds is 1. The van der Waals surface area contributed by atoms with Crippen LogP contribution in [0.2, 0.25) is 0 Å². The fraction of sp³-hybridized carbons (Fsp3) is 1.00. The van der Waals surface area contributed by atoms with Gasteiger partial charge in [0.2, 0.25) is 0 Å². The average molecular weight is 234 g/mol. The summed E-state index contributed by atoms with van der Waals surface area (Å²) in [5.41, 5.74) is 0.534. The highest BCUT2D eigenvalue weighted by Gasteiger charge is 2.25. The van der Waals surface area contributed by atoms with Gasteiger partial charge in [-0.3, -0.25) is 0 Å². The molecule has 0 atom stereocenters. The summed E-state index contributed by atoms with van der Waals surface area (Å²) in [6.45, 7) is 14.2. The molecule has 0 bridgehead atoms. The topological polar surface area (TPSA) is 0 Å². The Kier molecular flexibility index (Phi) is 6.35. The van der Waals surface area contributed by atoms with Gasteiger partial charge in [-0.1, -0.05) is 20.8 Å². The van der Waals surface area contributed by atoms with E-state index in [9.17, 15) is 17.3 Å². The monoisotopic (exact) mass is 234 g/mol. The molecule has 0 N–H and O–H groups in total. The molecule has 0 aliphatic heterocycles. The van der Waals surface area contributed by atoms with Crippen LogP contribution < -0.4 is 0 Å². The lowest BCUT2D eigenvalue weighted by Gasteiger charge is -2.22. The highest BCUT2D eigenvalue weighted by atomic mass is 31.2. The molecule has 0 aliphatic carbocycles. The summed E-state index contributed by atoms with van der Waals surface area (Å²) in [6, 6.07) is 0. The zero-order chi connectivity index (χ0) is 12.2. The molecule has 0 fully saturated rings. The normalized spacial score (nSPS) is 13.3. The third-order valence-corrected chi connectivity index (χ3v) is 2.85. The van der Waals surface area contributed by atoms with E-state index in [0.29, 0.717) is 5.41 Å². The summed E-state index contributed by atoms with van der Waals surface area (Å²) in [6.07, 6.45) is 1.40. The van der Waals surface area contributed by atoms with Crippen LogP contribution in [0, 0.1) is 5.41 Å². The molecule has 6 heteroatoms. The number of halogens is 4. The first-order valence-corrected chi connectivity index (χ1v) is 7.70. The smallest absolute Gasteiger partial charge is 0.418 e. The molecule has 14 heavy (non-hydrogen) atoms. The van der Waals surface area contributed by atoms with Crippen molar-refractivity contribution in [2.45, 2.75) is 20.8 Å². The lowest BCUT2D eigenvalue weighted by atomic mass is 10.0. The summed E-state index contributed by atoms with van der Waals surface area (Å²) < 4.78 is 39.0. The van der Waals surface area contributed by atoms with Crippen LogP contribution in [0.1, 0.15) is 20.8 Å². The molecule has 0 radical (unpaired) electrons. The fourth-order valence-corrected chi connectivity index (χ4v) is 4.27. The van der Waals surface area contributed by atoms with Gasteiger partial charge in [-0.05, 0) is 5.41 Å². The molecule has 0 aromatic rings. The zero-order valence-corrected chi connectivity index (χ0v) is 10.6. The van der Waals surface area contributed by atoms with E-state index < -0.39 is 14.5 Å². The Hall–Kier alpha value is 0.215. The van der Waals surface area contributed by atoms with Crippen molar-refractivity contribution in [1.82, 2.24) is 0 Å². The van der Waals surface area contributed by atoms with Crippen LogP contribution in [-0.2, 0) is 0 Å². The molecular weight excluding hydrogens is 214 g/mol. The Morgan fingerprint density at radius 3 is 1.14 bits per heavy atom. The van der Waals surface area contributed by atoms with Crippen molar-refractivity contribution in [2.75, 3.05) is 26.2 Å². The maximum Gasteiger partial charge on any atom is 0.673 e. The standard InChI is InChI=1S/C8H20P.BF4/c1-8(2,3)7-9(4,5)6;2-1(3,4)5/h7H2,1-6H3;/q+1;-1. The SMILES string of the molecule is CC(C)(C)C[P+](C)(C)C.F[B-](F)(F)F. The highest BCUT2D eigenvalue weighted by Crippen LogP contribution is 2.50. The Labute approximate surface area is 84.9 Å². The molecule has 88 valence electrons. The first kappa shape index (κ1) is 16.6. The van der Waals surface area contributed by atoms with Crippen LogP contribution in [0.15, 0.2) is 0 Å². The van der Waals surface area contributed by atoms with E-state index in [2.05, 4.69) is 40.8 Å². The van der Waals surface area contributed by atoms with Crippen molar-refractivity contribution < 1.29 is 17.3 Å². The molecule has 0 nitrogen and oxygen atoms in total. The molecule has 0 amide bonds. The molecule has 0 rings (SSSR count). The Bertz CT molecular complexity index is 136. The molecular formula is C8H20BF4P. The number of hydrogen-bond acceptors (Lipinski definition) is 0. The largest absolute Gasteiger partial charge is 0.673 e. The lowest BCUT2D eigenvalue weighted by molar-refractivity contribution is 0.368. The van der Waals surface area contributed by atoms with Gasteiger partial charge >= 0.3 is 7.25 Å². The molecule has 0 saturated heterocycles. The third kappa shape index (κ3) is 39.8. The van der Waals surface area contributed by atoms with Crippen LogP contribution >= 0.6 is 7.26 Å². The van der Waals surface area contributed by atoms with E-state index in [0.717, 1.165) is 0 Å². The minimum Gasteiger partial charge on any atom is -0.418 e. The van der Waals surface area contributed by atoms with E-state index in [1.54, 1.807) is 0 Å². The van der Waals surface area contributed by atoms with Crippen molar-refractivity contribution >= 4 is 14.5 Å². The molecule has 0 saturated carbocycles. The van der Waals surface area contributed by atoms with E-state index in [1.807, 2.05) is 0 Å². The first-order chi connectivity index (χ1) is 5.71. The molecule has 0 spiro atoms. The Balaban J connectivity index is 0. The minimum atomic E-state index is -6.00. The lowest BCUT2D eigenvalue weighted by Crippen LogP contribution is -2.13. The van der Waals surface area contributed by atoms with Gasteiger partial charge < -0.3 is 17.3 Å². The maximum atomic E-state index is 9.75. The van der Waals surface area contributed by atoms with Crippen LogP contribution in [0.3, 0.4) is 0 Å². The van der Waals surface area contributed by atoms with Gasteiger partial charge in [0, 0.05) is 27.3 Å². The highest BCUT2D eigenvalue weighted by molar-refractivity contribution is 7.73. The van der Waals surface area contributed by atoms with E-state index in [1.165, 1.54) is 6.16 Å². The van der Waals surface area contributed by atoms with Crippen molar-refractivity contribution in [3.05, 3.63) is 0 Å². The summed E-state index contributed by atoms with van der Waals surface area (Å²) in [5.74, 6) is 0. The van der Waals surface area contributed by atoms with Crippen molar-refractivity contribution in [3.8, 4) is 0 Å². The maximum absolute atomic E-state index is 9.75. The van der Waals surface area contributed by atoms with Gasteiger partial charge in [0.05, 0.1) is 6.16 Å². The Morgan fingerprint density at radius 2 is 1.14 bits per heavy atom. The van der Waals surface area contributed by atoms with Crippen LogP contribution in [0.25, 0.3) is 0 Å². The second-order valence-corrected chi connectivity index (χ2v) is 10.4. The second kappa shape index (κ2) is 5.34. The van der Waals surface area contributed by atoms with E-state index in [4.69, 9.17) is 0 Å². The van der Waals surface area contributed by atoms with Crippen LogP contribution in [0.5, 0.6) is 0 Å². The van der Waals surface area contributed by atoms with Crippen LogP contribution in [-0.4, -0.2) is 33.4 Å². The summed E-state index contributed by atoms with van der Waals surface area (Å²) >= 11 is 0. The molecule has 0 unspecified atom stereocenters. The van der Waals surface area contributed by atoms with Crippen molar-refractivity contribution in [3.63, 3.8) is 0 Å². The van der Waals surface area contributed by atoms with Crippen LogP contribution in [0.4, 0.5) is 17.3 Å². The number of hydrogen-bond donors (Lipinski definition) is 0. The molecule has 0 aliphatic rings. The second-order valence-electron chi connectivity index (χ2n) is 5.50. The molecule has 0 heterocycles. The predicted octanol–water partition coefficient (Wildman–Crippen LogP) is 4.24. The van der Waals surface area contributed by atoms with Gasteiger partial charge in [0.1, 0.15) is 0 Å². The van der Waals surface area contributed by atoms with E-state index >= 15 is 0 Å². The van der Waals surface area contributed by atoms with Gasteiger partial charge in [0.15, 0.2) is 0 Å². The van der Waals surface area contributed by atoms with Crippen molar-refractivity contribution in [1.29, 1.82) is 0 Å². The quantitative estimate of drug-likeness (QED) is 0.361. The van der Waals surface area contributed by atoms with Gasteiger partial charge in [-0.15, -0.1) is 0 Å². The predicted molar refractivity (Wildman–Crippen MR) is 59.2 cm³/mol. The minimum absolute atomic E-state index is 0.534. The summed E-state index contributed by atoms with van der Waals surface area (Å²) in [7, 11) is -6.54.